The van der Waals surface area contributed by atoms with Crippen molar-refractivity contribution in [2.24, 2.45) is 5.73 Å². The second-order valence-electron chi connectivity index (χ2n) is 6.31. The SMILES string of the molecule is CCCCCCNC(=O)NC(/C=C/C(N)=O)/C(F)=C/CCc1ccccc1. The Labute approximate surface area is 160 Å². The predicted octanol–water partition coefficient (Wildman–Crippen LogP) is 3.76. The second-order valence-corrected chi connectivity index (χ2v) is 6.31. The number of nitrogens with two attached hydrogens (primary N) is 1. The minimum Gasteiger partial charge on any atom is -0.366 e. The Hall–Kier alpha value is -2.63. The Kier molecular flexibility index (Phi) is 11.3. The molecule has 0 aliphatic carbocycles. The van der Waals surface area contributed by atoms with Crippen molar-refractivity contribution < 1.29 is 14.0 Å². The van der Waals surface area contributed by atoms with Gasteiger partial charge in [0.2, 0.25) is 5.91 Å². The number of hydrogen-bond acceptors (Lipinski definition) is 2. The van der Waals surface area contributed by atoms with Crippen LogP contribution in [0.15, 0.2) is 54.4 Å². The average molecular weight is 375 g/mol. The number of primary amides is 1. The lowest BCUT2D eigenvalue weighted by atomic mass is 10.1. The molecule has 1 atom stereocenters. The Balaban J connectivity index is 2.56. The van der Waals surface area contributed by atoms with Crippen LogP contribution in [-0.2, 0) is 11.2 Å². The maximum Gasteiger partial charge on any atom is 0.315 e. The molecule has 0 aliphatic rings. The summed E-state index contributed by atoms with van der Waals surface area (Å²) in [6, 6.07) is 8.23. The summed E-state index contributed by atoms with van der Waals surface area (Å²) < 4.78 is 14.5. The monoisotopic (exact) mass is 375 g/mol. The van der Waals surface area contributed by atoms with Gasteiger partial charge in [-0.25, -0.2) is 9.18 Å². The minimum absolute atomic E-state index is 0.475. The first-order valence-electron chi connectivity index (χ1n) is 9.44. The van der Waals surface area contributed by atoms with E-state index in [0.717, 1.165) is 37.3 Å². The van der Waals surface area contributed by atoms with Crippen LogP contribution in [0, 0.1) is 0 Å². The van der Waals surface area contributed by atoms with Crippen LogP contribution in [0.4, 0.5) is 9.18 Å². The number of carbonyl (C=O) groups is 2. The van der Waals surface area contributed by atoms with Crippen LogP contribution in [0.2, 0.25) is 0 Å². The van der Waals surface area contributed by atoms with E-state index in [0.29, 0.717) is 19.4 Å². The number of rotatable bonds is 12. The lowest BCUT2D eigenvalue weighted by molar-refractivity contribution is -0.113. The third kappa shape index (κ3) is 10.8. The fourth-order valence-electron chi connectivity index (χ4n) is 2.49. The summed E-state index contributed by atoms with van der Waals surface area (Å²) >= 11 is 0. The van der Waals surface area contributed by atoms with E-state index in [1.54, 1.807) is 0 Å². The quantitative estimate of drug-likeness (QED) is 0.384. The first kappa shape index (κ1) is 22.4. The topological polar surface area (TPSA) is 84.2 Å². The van der Waals surface area contributed by atoms with Crippen molar-refractivity contribution in [2.45, 2.75) is 51.5 Å². The Bertz CT molecular complexity index is 630. The Morgan fingerprint density at radius 2 is 1.93 bits per heavy atom. The molecule has 5 nitrogen and oxygen atoms in total. The molecule has 0 aliphatic heterocycles. The van der Waals surface area contributed by atoms with Gasteiger partial charge in [0.1, 0.15) is 11.9 Å². The summed E-state index contributed by atoms with van der Waals surface area (Å²) in [7, 11) is 0. The van der Waals surface area contributed by atoms with Crippen molar-refractivity contribution in [1.29, 1.82) is 0 Å². The molecule has 1 aromatic rings. The van der Waals surface area contributed by atoms with E-state index in [4.69, 9.17) is 5.73 Å². The summed E-state index contributed by atoms with van der Waals surface area (Å²) in [4.78, 5) is 22.9. The van der Waals surface area contributed by atoms with Gasteiger partial charge in [-0.15, -0.1) is 0 Å². The Morgan fingerprint density at radius 1 is 1.19 bits per heavy atom. The van der Waals surface area contributed by atoms with E-state index in [1.165, 1.54) is 12.2 Å². The van der Waals surface area contributed by atoms with Gasteiger partial charge in [0, 0.05) is 12.6 Å². The maximum atomic E-state index is 14.5. The van der Waals surface area contributed by atoms with E-state index in [-0.39, 0.29) is 0 Å². The number of unbranched alkanes of at least 4 members (excludes halogenated alkanes) is 3. The van der Waals surface area contributed by atoms with Crippen molar-refractivity contribution in [3.63, 3.8) is 0 Å². The van der Waals surface area contributed by atoms with Crippen molar-refractivity contribution in [3.8, 4) is 0 Å². The van der Waals surface area contributed by atoms with Gasteiger partial charge in [0.05, 0.1) is 0 Å². The molecule has 0 radical (unpaired) electrons. The smallest absolute Gasteiger partial charge is 0.315 e. The predicted molar refractivity (Wildman–Crippen MR) is 107 cm³/mol. The summed E-state index contributed by atoms with van der Waals surface area (Å²) in [5.41, 5.74) is 6.18. The normalized spacial score (nSPS) is 12.7. The van der Waals surface area contributed by atoms with Gasteiger partial charge in [0.15, 0.2) is 0 Å². The van der Waals surface area contributed by atoms with Gasteiger partial charge < -0.3 is 16.4 Å². The molecule has 6 heteroatoms. The fourth-order valence-corrected chi connectivity index (χ4v) is 2.49. The molecule has 0 saturated heterocycles. The number of nitrogens with one attached hydrogen (secondary N) is 2. The number of urea groups is 1. The van der Waals surface area contributed by atoms with Crippen LogP contribution in [0.3, 0.4) is 0 Å². The summed E-state index contributed by atoms with van der Waals surface area (Å²) in [6.07, 6.45) is 9.04. The number of aryl methyl sites for hydroxylation is 1. The molecule has 1 aromatic carbocycles. The maximum absolute atomic E-state index is 14.5. The molecule has 0 saturated carbocycles. The number of hydrogen-bond donors (Lipinski definition) is 3. The van der Waals surface area contributed by atoms with E-state index in [2.05, 4.69) is 17.6 Å². The van der Waals surface area contributed by atoms with Crippen LogP contribution in [0.5, 0.6) is 0 Å². The molecule has 1 unspecified atom stereocenters. The molecule has 0 bridgehead atoms. The molecule has 0 spiro atoms. The lowest BCUT2D eigenvalue weighted by Crippen LogP contribution is -2.42. The fraction of sp³-hybridized carbons (Fsp3) is 0.429. The van der Waals surface area contributed by atoms with Crippen LogP contribution < -0.4 is 16.4 Å². The standard InChI is InChI=1S/C21H30FN3O2/c1-2-3-4-8-16-24-21(27)25-19(14-15-20(23)26)18(22)13-9-12-17-10-6-5-7-11-17/h5-7,10-11,13-15,19H,2-4,8-9,12,16H2,1H3,(H2,23,26)(H2,24,25,27)/b15-14+,18-13-. The summed E-state index contributed by atoms with van der Waals surface area (Å²) in [5, 5.41) is 5.23. The van der Waals surface area contributed by atoms with Crippen molar-refractivity contribution >= 4 is 11.9 Å². The average Bonchev–Trinajstić information content (AvgIpc) is 2.65. The molecular formula is C21H30FN3O2. The Morgan fingerprint density at radius 3 is 2.59 bits per heavy atom. The van der Waals surface area contributed by atoms with Crippen LogP contribution >= 0.6 is 0 Å². The number of amides is 3. The van der Waals surface area contributed by atoms with Crippen LogP contribution in [0.1, 0.15) is 44.6 Å². The van der Waals surface area contributed by atoms with Gasteiger partial charge in [-0.05, 0) is 30.9 Å². The van der Waals surface area contributed by atoms with Crippen LogP contribution in [0.25, 0.3) is 0 Å². The first-order valence-corrected chi connectivity index (χ1v) is 9.44. The number of allylic oxidation sites excluding steroid dienone is 1. The highest BCUT2D eigenvalue weighted by atomic mass is 19.1. The molecule has 0 heterocycles. The van der Waals surface area contributed by atoms with E-state index in [1.807, 2.05) is 30.3 Å². The van der Waals surface area contributed by atoms with Gasteiger partial charge in [-0.3, -0.25) is 4.79 Å². The van der Waals surface area contributed by atoms with Crippen molar-refractivity contribution in [3.05, 3.63) is 60.0 Å². The van der Waals surface area contributed by atoms with Crippen molar-refractivity contribution in [1.82, 2.24) is 10.6 Å². The zero-order chi connectivity index (χ0) is 19.9. The van der Waals surface area contributed by atoms with Gasteiger partial charge in [0.25, 0.3) is 0 Å². The summed E-state index contributed by atoms with van der Waals surface area (Å²) in [6.45, 7) is 2.64. The van der Waals surface area contributed by atoms with Gasteiger partial charge >= 0.3 is 6.03 Å². The number of halogens is 1. The molecule has 3 amide bonds. The van der Waals surface area contributed by atoms with Crippen LogP contribution in [-0.4, -0.2) is 24.5 Å². The highest BCUT2D eigenvalue weighted by Crippen LogP contribution is 2.10. The second kappa shape index (κ2) is 13.6. The van der Waals surface area contributed by atoms with Crippen molar-refractivity contribution in [2.75, 3.05) is 6.54 Å². The molecular weight excluding hydrogens is 345 g/mol. The van der Waals surface area contributed by atoms with Gasteiger partial charge in [-0.1, -0.05) is 62.6 Å². The molecule has 0 fully saturated rings. The highest BCUT2D eigenvalue weighted by molar-refractivity contribution is 5.86. The molecule has 148 valence electrons. The highest BCUT2D eigenvalue weighted by Gasteiger charge is 2.14. The number of benzene rings is 1. The van der Waals surface area contributed by atoms with E-state index >= 15 is 0 Å². The minimum atomic E-state index is -1.02. The third-order valence-electron chi connectivity index (χ3n) is 3.97. The third-order valence-corrected chi connectivity index (χ3v) is 3.97. The number of carbonyl (C=O) groups excluding carboxylic acids is 2. The van der Waals surface area contributed by atoms with E-state index < -0.39 is 23.8 Å². The largest absolute Gasteiger partial charge is 0.366 e. The molecule has 4 N–H and O–H groups in total. The molecule has 1 rings (SSSR count). The lowest BCUT2D eigenvalue weighted by Gasteiger charge is -2.14. The first-order chi connectivity index (χ1) is 13.0. The molecule has 27 heavy (non-hydrogen) atoms. The van der Waals surface area contributed by atoms with Gasteiger partial charge in [-0.2, -0.15) is 0 Å². The van der Waals surface area contributed by atoms with E-state index in [9.17, 15) is 14.0 Å². The summed E-state index contributed by atoms with van der Waals surface area (Å²) in [5.74, 6) is -1.22. The molecule has 0 aromatic heterocycles. The zero-order valence-corrected chi connectivity index (χ0v) is 15.9. The zero-order valence-electron chi connectivity index (χ0n) is 15.9.